The van der Waals surface area contributed by atoms with Gasteiger partial charge in [-0.1, -0.05) is 26.7 Å². The molecule has 0 unspecified atom stereocenters. The van der Waals surface area contributed by atoms with Gasteiger partial charge in [-0.05, 0) is 38.7 Å². The molecule has 0 saturated heterocycles. The van der Waals surface area contributed by atoms with E-state index in [1.807, 2.05) is 13.8 Å². The maximum Gasteiger partial charge on any atom is 0.103 e. The monoisotopic (exact) mass is 271 g/mol. The second-order valence-corrected chi connectivity index (χ2v) is 6.34. The molecule has 0 amide bonds. The van der Waals surface area contributed by atoms with E-state index in [4.69, 9.17) is 0 Å². The summed E-state index contributed by atoms with van der Waals surface area (Å²) in [7, 11) is 0. The average Bonchev–Trinajstić information content (AvgIpc) is 2.88. The minimum atomic E-state index is 0.589. The van der Waals surface area contributed by atoms with E-state index in [2.05, 4.69) is 35.9 Å². The highest BCUT2D eigenvalue weighted by Crippen LogP contribution is 2.32. The molecule has 1 heterocycles. The number of hydrogen-bond donors (Lipinski definition) is 0. The molecule has 1 saturated carbocycles. The van der Waals surface area contributed by atoms with E-state index in [1.165, 1.54) is 25.7 Å². The van der Waals surface area contributed by atoms with Crippen molar-refractivity contribution in [1.29, 1.82) is 5.26 Å². The van der Waals surface area contributed by atoms with Crippen molar-refractivity contribution in [1.82, 2.24) is 4.98 Å². The first-order chi connectivity index (χ1) is 9.52. The Kier molecular flexibility index (Phi) is 4.65. The van der Waals surface area contributed by atoms with Gasteiger partial charge in [0.25, 0.3) is 0 Å². The summed E-state index contributed by atoms with van der Waals surface area (Å²) in [6.45, 7) is 9.46. The van der Waals surface area contributed by atoms with Crippen LogP contribution < -0.4 is 4.90 Å². The molecular formula is C17H25N3. The van der Waals surface area contributed by atoms with E-state index in [1.54, 1.807) is 0 Å². The highest BCUT2D eigenvalue weighted by atomic mass is 15.2. The molecule has 0 atom stereocenters. The number of aromatic nitrogens is 1. The largest absolute Gasteiger partial charge is 0.367 e. The lowest BCUT2D eigenvalue weighted by molar-refractivity contribution is 0.535. The standard InChI is InChI=1S/C17H25N3/c1-12(2)11-20(15-7-5-6-8-15)17-9-13(3)19-14(4)16(17)10-18/h9,12,15H,5-8,11H2,1-4H3. The van der Waals surface area contributed by atoms with Gasteiger partial charge < -0.3 is 4.90 Å². The lowest BCUT2D eigenvalue weighted by Crippen LogP contribution is -2.37. The summed E-state index contributed by atoms with van der Waals surface area (Å²) in [6, 6.07) is 5.04. The lowest BCUT2D eigenvalue weighted by Gasteiger charge is -2.34. The summed E-state index contributed by atoms with van der Waals surface area (Å²) >= 11 is 0. The molecule has 0 aliphatic heterocycles. The van der Waals surface area contributed by atoms with Crippen LogP contribution in [0.1, 0.15) is 56.5 Å². The Morgan fingerprint density at radius 1 is 1.35 bits per heavy atom. The molecule has 3 nitrogen and oxygen atoms in total. The van der Waals surface area contributed by atoms with Crippen LogP contribution in [0.5, 0.6) is 0 Å². The molecule has 1 aliphatic carbocycles. The number of nitriles is 1. The molecule has 108 valence electrons. The Morgan fingerprint density at radius 2 is 2.00 bits per heavy atom. The second kappa shape index (κ2) is 6.26. The Bertz CT molecular complexity index is 508. The lowest BCUT2D eigenvalue weighted by atomic mass is 10.1. The van der Waals surface area contributed by atoms with Gasteiger partial charge in [0.2, 0.25) is 0 Å². The fourth-order valence-corrected chi connectivity index (χ4v) is 3.23. The van der Waals surface area contributed by atoms with Crippen LogP contribution in [0.4, 0.5) is 5.69 Å². The molecule has 1 aromatic rings. The van der Waals surface area contributed by atoms with Crippen LogP contribution in [-0.4, -0.2) is 17.6 Å². The zero-order chi connectivity index (χ0) is 14.7. The fourth-order valence-electron chi connectivity index (χ4n) is 3.23. The molecule has 0 N–H and O–H groups in total. The van der Waals surface area contributed by atoms with Crippen molar-refractivity contribution in [3.05, 3.63) is 23.0 Å². The van der Waals surface area contributed by atoms with Crippen LogP contribution in [0.2, 0.25) is 0 Å². The normalized spacial score (nSPS) is 15.6. The molecule has 20 heavy (non-hydrogen) atoms. The highest BCUT2D eigenvalue weighted by molar-refractivity contribution is 5.62. The molecule has 1 aliphatic rings. The summed E-state index contributed by atoms with van der Waals surface area (Å²) in [6.07, 6.45) is 5.12. The van der Waals surface area contributed by atoms with E-state index in [9.17, 15) is 5.26 Å². The van der Waals surface area contributed by atoms with Gasteiger partial charge in [0.15, 0.2) is 0 Å². The molecule has 2 rings (SSSR count). The van der Waals surface area contributed by atoms with Crippen molar-refractivity contribution in [2.45, 2.75) is 59.4 Å². The molecule has 1 fully saturated rings. The Hall–Kier alpha value is -1.56. The third kappa shape index (κ3) is 3.12. The topological polar surface area (TPSA) is 39.9 Å². The van der Waals surface area contributed by atoms with Crippen molar-refractivity contribution < 1.29 is 0 Å². The first-order valence-corrected chi connectivity index (χ1v) is 7.68. The number of nitrogens with zero attached hydrogens (tertiary/aromatic N) is 3. The van der Waals surface area contributed by atoms with Gasteiger partial charge in [0.1, 0.15) is 6.07 Å². The molecule has 0 radical (unpaired) electrons. The van der Waals surface area contributed by atoms with E-state index in [-0.39, 0.29) is 0 Å². The maximum absolute atomic E-state index is 9.50. The third-order valence-electron chi connectivity index (χ3n) is 4.06. The number of rotatable bonds is 4. The number of aryl methyl sites for hydroxylation is 2. The van der Waals surface area contributed by atoms with Gasteiger partial charge in [-0.3, -0.25) is 4.98 Å². The van der Waals surface area contributed by atoms with Crippen LogP contribution in [0.25, 0.3) is 0 Å². The summed E-state index contributed by atoms with van der Waals surface area (Å²) in [5, 5.41) is 9.50. The van der Waals surface area contributed by atoms with Crippen molar-refractivity contribution in [2.75, 3.05) is 11.4 Å². The first-order valence-electron chi connectivity index (χ1n) is 7.68. The van der Waals surface area contributed by atoms with Crippen LogP contribution in [0.15, 0.2) is 6.07 Å². The molecule has 0 aromatic carbocycles. The highest BCUT2D eigenvalue weighted by Gasteiger charge is 2.26. The summed E-state index contributed by atoms with van der Waals surface area (Å²) in [5.41, 5.74) is 3.71. The van der Waals surface area contributed by atoms with Crippen LogP contribution in [0, 0.1) is 31.1 Å². The number of pyridine rings is 1. The summed E-state index contributed by atoms with van der Waals surface area (Å²) in [4.78, 5) is 6.91. The van der Waals surface area contributed by atoms with E-state index in [0.717, 1.165) is 29.2 Å². The number of anilines is 1. The third-order valence-corrected chi connectivity index (χ3v) is 4.06. The predicted octanol–water partition coefficient (Wildman–Crippen LogP) is 3.98. The molecule has 1 aromatic heterocycles. The molecule has 0 bridgehead atoms. The van der Waals surface area contributed by atoms with Gasteiger partial charge in [-0.15, -0.1) is 0 Å². The SMILES string of the molecule is Cc1cc(N(CC(C)C)C2CCCC2)c(C#N)c(C)n1. The fraction of sp³-hybridized carbons (Fsp3) is 0.647. The smallest absolute Gasteiger partial charge is 0.103 e. The molecular weight excluding hydrogens is 246 g/mol. The molecule has 3 heteroatoms. The summed E-state index contributed by atoms with van der Waals surface area (Å²) < 4.78 is 0. The van der Waals surface area contributed by atoms with Gasteiger partial charge in [0.05, 0.1) is 16.9 Å². The van der Waals surface area contributed by atoms with Crippen molar-refractivity contribution in [2.24, 2.45) is 5.92 Å². The van der Waals surface area contributed by atoms with E-state index < -0.39 is 0 Å². The Morgan fingerprint density at radius 3 is 2.55 bits per heavy atom. The minimum Gasteiger partial charge on any atom is -0.367 e. The van der Waals surface area contributed by atoms with Gasteiger partial charge in [-0.2, -0.15) is 5.26 Å². The Balaban J connectivity index is 2.44. The zero-order valence-electron chi connectivity index (χ0n) is 13.1. The molecule has 0 spiro atoms. The minimum absolute atomic E-state index is 0.589. The second-order valence-electron chi connectivity index (χ2n) is 6.34. The van der Waals surface area contributed by atoms with Gasteiger partial charge >= 0.3 is 0 Å². The first kappa shape index (κ1) is 14.8. The number of hydrogen-bond acceptors (Lipinski definition) is 3. The van der Waals surface area contributed by atoms with E-state index >= 15 is 0 Å². The van der Waals surface area contributed by atoms with Crippen LogP contribution in [0.3, 0.4) is 0 Å². The van der Waals surface area contributed by atoms with Crippen LogP contribution in [-0.2, 0) is 0 Å². The van der Waals surface area contributed by atoms with Crippen molar-refractivity contribution in [3.8, 4) is 6.07 Å². The van der Waals surface area contributed by atoms with Crippen molar-refractivity contribution in [3.63, 3.8) is 0 Å². The zero-order valence-corrected chi connectivity index (χ0v) is 13.1. The Labute approximate surface area is 122 Å². The van der Waals surface area contributed by atoms with Gasteiger partial charge in [-0.25, -0.2) is 0 Å². The van der Waals surface area contributed by atoms with Gasteiger partial charge in [0, 0.05) is 18.3 Å². The van der Waals surface area contributed by atoms with Crippen molar-refractivity contribution >= 4 is 5.69 Å². The van der Waals surface area contributed by atoms with Crippen LogP contribution >= 0.6 is 0 Å². The maximum atomic E-state index is 9.50. The quantitative estimate of drug-likeness (QED) is 0.831. The average molecular weight is 271 g/mol. The predicted molar refractivity (Wildman–Crippen MR) is 82.9 cm³/mol. The summed E-state index contributed by atoms with van der Waals surface area (Å²) in [5.74, 6) is 0.593. The van der Waals surface area contributed by atoms with E-state index in [0.29, 0.717) is 12.0 Å².